The van der Waals surface area contributed by atoms with Crippen molar-refractivity contribution in [3.63, 3.8) is 0 Å². The van der Waals surface area contributed by atoms with Crippen molar-refractivity contribution in [1.82, 2.24) is 5.06 Å². The molecule has 0 heterocycles. The number of hydrogen-bond acceptors (Lipinski definition) is 6. The molecule has 3 N–H and O–H groups in total. The number of ether oxygens (including phenoxy) is 1. The minimum Gasteiger partial charge on any atom is -0.390 e. The van der Waals surface area contributed by atoms with Crippen LogP contribution in [-0.4, -0.2) is 65.4 Å². The molecule has 8 heteroatoms. The first-order valence-electron chi connectivity index (χ1n) is 7.02. The van der Waals surface area contributed by atoms with E-state index in [1.54, 1.807) is 0 Å². The SMILES string of the molecule is CON(C)C(=O)C[C@H](O)[C@@H](O)[C@@H](O)COCc1ccc(Br)cc1. The Kier molecular flexibility index (Phi) is 8.67. The van der Waals surface area contributed by atoms with Gasteiger partial charge in [0.25, 0.3) is 0 Å². The number of hydrogen-bond donors (Lipinski definition) is 3. The second-order valence-electron chi connectivity index (χ2n) is 5.04. The van der Waals surface area contributed by atoms with Gasteiger partial charge in [-0.05, 0) is 17.7 Å². The van der Waals surface area contributed by atoms with E-state index in [4.69, 9.17) is 4.74 Å². The zero-order valence-electron chi connectivity index (χ0n) is 13.1. The van der Waals surface area contributed by atoms with E-state index in [9.17, 15) is 20.1 Å². The molecule has 0 unspecified atom stereocenters. The van der Waals surface area contributed by atoms with E-state index in [-0.39, 0.29) is 19.6 Å². The van der Waals surface area contributed by atoms with Gasteiger partial charge in [-0.2, -0.15) is 0 Å². The summed E-state index contributed by atoms with van der Waals surface area (Å²) < 4.78 is 6.26. The molecule has 0 aromatic heterocycles. The Bertz CT molecular complexity index is 483. The number of rotatable bonds is 9. The van der Waals surface area contributed by atoms with Crippen LogP contribution in [0.2, 0.25) is 0 Å². The molecule has 0 saturated carbocycles. The van der Waals surface area contributed by atoms with E-state index in [2.05, 4.69) is 20.8 Å². The lowest BCUT2D eigenvalue weighted by atomic mass is 10.1. The Morgan fingerprint density at radius 2 is 1.83 bits per heavy atom. The predicted octanol–water partition coefficient (Wildman–Crippen LogP) is 0.458. The number of aliphatic hydroxyl groups excluding tert-OH is 3. The molecule has 1 amide bonds. The van der Waals surface area contributed by atoms with Crippen LogP contribution in [0.15, 0.2) is 28.7 Å². The van der Waals surface area contributed by atoms with Gasteiger partial charge >= 0.3 is 0 Å². The maximum atomic E-state index is 11.6. The van der Waals surface area contributed by atoms with Crippen LogP contribution in [0.25, 0.3) is 0 Å². The molecule has 0 aliphatic heterocycles. The minimum atomic E-state index is -1.49. The lowest BCUT2D eigenvalue weighted by Crippen LogP contribution is -2.42. The maximum Gasteiger partial charge on any atom is 0.248 e. The summed E-state index contributed by atoms with van der Waals surface area (Å²) in [5, 5.41) is 30.4. The van der Waals surface area contributed by atoms with Gasteiger partial charge < -0.3 is 20.1 Å². The molecule has 0 bridgehead atoms. The average molecular weight is 392 g/mol. The van der Waals surface area contributed by atoms with Gasteiger partial charge in [0.15, 0.2) is 0 Å². The first-order chi connectivity index (χ1) is 10.8. The van der Waals surface area contributed by atoms with E-state index in [1.807, 2.05) is 24.3 Å². The summed E-state index contributed by atoms with van der Waals surface area (Å²) in [6.45, 7) is 0.0983. The first kappa shape index (κ1) is 20.0. The number of aliphatic hydroxyl groups is 3. The van der Waals surface area contributed by atoms with Crippen molar-refractivity contribution in [1.29, 1.82) is 0 Å². The van der Waals surface area contributed by atoms with Gasteiger partial charge in [-0.1, -0.05) is 28.1 Å². The van der Waals surface area contributed by atoms with Crippen molar-refractivity contribution in [3.8, 4) is 0 Å². The van der Waals surface area contributed by atoms with Crippen molar-refractivity contribution in [2.45, 2.75) is 31.3 Å². The number of benzene rings is 1. The maximum absolute atomic E-state index is 11.6. The third kappa shape index (κ3) is 6.94. The van der Waals surface area contributed by atoms with Gasteiger partial charge in [-0.3, -0.25) is 9.63 Å². The van der Waals surface area contributed by atoms with Crippen LogP contribution in [0.5, 0.6) is 0 Å². The number of hydroxylamine groups is 2. The zero-order chi connectivity index (χ0) is 17.4. The summed E-state index contributed by atoms with van der Waals surface area (Å²) in [7, 11) is 2.70. The molecule has 3 atom stereocenters. The van der Waals surface area contributed by atoms with Crippen LogP contribution in [0.1, 0.15) is 12.0 Å². The normalized spacial score (nSPS) is 15.0. The Labute approximate surface area is 143 Å². The lowest BCUT2D eigenvalue weighted by molar-refractivity contribution is -0.173. The Balaban J connectivity index is 2.36. The van der Waals surface area contributed by atoms with E-state index in [0.29, 0.717) is 0 Å². The van der Waals surface area contributed by atoms with E-state index < -0.39 is 24.2 Å². The van der Waals surface area contributed by atoms with Gasteiger partial charge in [0.05, 0.1) is 32.8 Å². The molecule has 1 aromatic rings. The second-order valence-corrected chi connectivity index (χ2v) is 5.96. The van der Waals surface area contributed by atoms with Crippen molar-refractivity contribution >= 4 is 21.8 Å². The highest BCUT2D eigenvalue weighted by Crippen LogP contribution is 2.12. The van der Waals surface area contributed by atoms with Crippen molar-refractivity contribution in [3.05, 3.63) is 34.3 Å². The predicted molar refractivity (Wildman–Crippen MR) is 86.2 cm³/mol. The highest BCUT2D eigenvalue weighted by molar-refractivity contribution is 9.10. The van der Waals surface area contributed by atoms with Gasteiger partial charge in [0, 0.05) is 11.5 Å². The summed E-state index contributed by atoms with van der Waals surface area (Å²) >= 11 is 3.33. The monoisotopic (exact) mass is 391 g/mol. The number of halogens is 1. The Morgan fingerprint density at radius 3 is 2.39 bits per heavy atom. The van der Waals surface area contributed by atoms with Crippen LogP contribution in [0.3, 0.4) is 0 Å². The second kappa shape index (κ2) is 9.96. The van der Waals surface area contributed by atoms with E-state index >= 15 is 0 Å². The molecular weight excluding hydrogens is 370 g/mol. The average Bonchev–Trinajstić information content (AvgIpc) is 2.54. The zero-order valence-corrected chi connectivity index (χ0v) is 14.6. The molecule has 0 aliphatic carbocycles. The van der Waals surface area contributed by atoms with Crippen LogP contribution in [0, 0.1) is 0 Å². The summed E-state index contributed by atoms with van der Waals surface area (Å²) in [6.07, 6.45) is -4.57. The van der Waals surface area contributed by atoms with Crippen molar-refractivity contribution in [2.75, 3.05) is 20.8 Å². The highest BCUT2D eigenvalue weighted by Gasteiger charge is 2.27. The number of amides is 1. The standard InChI is InChI=1S/C15H22BrNO6/c1-17(22-2)14(20)7-12(18)15(21)13(19)9-23-8-10-3-5-11(16)6-4-10/h3-6,12-13,15,18-19,21H,7-9H2,1-2H3/t12-,13-,15+/m0/s1. The fourth-order valence-electron chi connectivity index (χ4n) is 1.76. The molecular formula is C15H22BrNO6. The summed E-state index contributed by atoms with van der Waals surface area (Å²) in [6, 6.07) is 7.46. The van der Waals surface area contributed by atoms with Crippen molar-refractivity contribution < 1.29 is 29.7 Å². The highest BCUT2D eigenvalue weighted by atomic mass is 79.9. The quantitative estimate of drug-likeness (QED) is 0.528. The third-order valence-electron chi connectivity index (χ3n) is 3.27. The summed E-state index contributed by atoms with van der Waals surface area (Å²) in [5.74, 6) is -0.512. The Morgan fingerprint density at radius 1 is 1.22 bits per heavy atom. The lowest BCUT2D eigenvalue weighted by Gasteiger charge is -2.24. The molecule has 7 nitrogen and oxygen atoms in total. The molecule has 23 heavy (non-hydrogen) atoms. The van der Waals surface area contributed by atoms with Crippen LogP contribution in [-0.2, 0) is 21.0 Å². The molecule has 1 rings (SSSR count). The molecule has 0 aliphatic rings. The molecule has 0 spiro atoms. The molecule has 0 saturated heterocycles. The van der Waals surface area contributed by atoms with Crippen LogP contribution in [0.4, 0.5) is 0 Å². The van der Waals surface area contributed by atoms with Crippen LogP contribution < -0.4 is 0 Å². The van der Waals surface area contributed by atoms with Gasteiger partial charge in [-0.25, -0.2) is 5.06 Å². The fraction of sp³-hybridized carbons (Fsp3) is 0.533. The Hall–Kier alpha value is -1.03. The van der Waals surface area contributed by atoms with Gasteiger partial charge in [0.2, 0.25) is 5.91 Å². The molecule has 0 fully saturated rings. The minimum absolute atomic E-state index is 0.164. The fourth-order valence-corrected chi connectivity index (χ4v) is 2.03. The van der Waals surface area contributed by atoms with Crippen LogP contribution >= 0.6 is 15.9 Å². The third-order valence-corrected chi connectivity index (χ3v) is 3.80. The molecule has 0 radical (unpaired) electrons. The molecule has 1 aromatic carbocycles. The first-order valence-corrected chi connectivity index (χ1v) is 7.81. The smallest absolute Gasteiger partial charge is 0.248 e. The summed E-state index contributed by atoms with van der Waals surface area (Å²) in [4.78, 5) is 16.2. The van der Waals surface area contributed by atoms with Gasteiger partial charge in [0.1, 0.15) is 12.2 Å². The summed E-state index contributed by atoms with van der Waals surface area (Å²) in [5.41, 5.74) is 0.910. The van der Waals surface area contributed by atoms with Crippen molar-refractivity contribution in [2.24, 2.45) is 0 Å². The van der Waals surface area contributed by atoms with E-state index in [1.165, 1.54) is 14.2 Å². The largest absolute Gasteiger partial charge is 0.390 e. The topological polar surface area (TPSA) is 99.5 Å². The van der Waals surface area contributed by atoms with E-state index in [0.717, 1.165) is 15.1 Å². The molecule has 130 valence electrons. The number of nitrogens with zero attached hydrogens (tertiary/aromatic N) is 1. The van der Waals surface area contributed by atoms with Gasteiger partial charge in [-0.15, -0.1) is 0 Å². The number of carbonyl (C=O) groups is 1. The number of carbonyl (C=O) groups excluding carboxylic acids is 1.